The van der Waals surface area contributed by atoms with Gasteiger partial charge in [-0.2, -0.15) is 14.0 Å². The van der Waals surface area contributed by atoms with E-state index in [9.17, 15) is 5.26 Å². The van der Waals surface area contributed by atoms with Crippen LogP contribution < -0.4 is 9.80 Å². The average molecular weight is 1020 g/mol. The maximum atomic E-state index is 11.1. The van der Waals surface area contributed by atoms with Crippen molar-refractivity contribution in [1.82, 2.24) is 8.75 Å². The van der Waals surface area contributed by atoms with Crippen molar-refractivity contribution in [2.45, 2.75) is 31.6 Å². The first-order valence-corrected chi connectivity index (χ1v) is 27.3. The van der Waals surface area contributed by atoms with Gasteiger partial charge in [0.1, 0.15) is 16.4 Å². The van der Waals surface area contributed by atoms with Crippen LogP contribution in [0.25, 0.3) is 77.8 Å². The van der Waals surface area contributed by atoms with E-state index in [-0.39, 0.29) is 5.41 Å². The number of nitrogens with zero attached hydrogens (tertiary/aromatic N) is 5. The fraction of sp³-hybridized carbons (Fsp3) is 0.0694. The van der Waals surface area contributed by atoms with Gasteiger partial charge in [-0.1, -0.05) is 172 Å². The maximum Gasteiger partial charge on any atom is 0.113 e. The van der Waals surface area contributed by atoms with Gasteiger partial charge < -0.3 is 9.80 Å². The summed E-state index contributed by atoms with van der Waals surface area (Å²) in [5.41, 5.74) is 25.4. The molecule has 0 radical (unpaired) electrons. The molecule has 1 unspecified atom stereocenters. The van der Waals surface area contributed by atoms with Crippen molar-refractivity contribution in [3.63, 3.8) is 0 Å². The number of rotatable bonds is 10. The van der Waals surface area contributed by atoms with Crippen LogP contribution >= 0.6 is 11.7 Å². The van der Waals surface area contributed by atoms with Gasteiger partial charge in [-0.25, -0.2) is 0 Å². The van der Waals surface area contributed by atoms with Crippen molar-refractivity contribution >= 4 is 56.9 Å². The summed E-state index contributed by atoms with van der Waals surface area (Å²) in [6.45, 7) is 6.76. The summed E-state index contributed by atoms with van der Waals surface area (Å²) in [4.78, 5) is 4.57. The van der Waals surface area contributed by atoms with E-state index < -0.39 is 5.41 Å². The lowest BCUT2D eigenvalue weighted by Crippen LogP contribution is -2.17. The van der Waals surface area contributed by atoms with Gasteiger partial charge in [0.2, 0.25) is 0 Å². The summed E-state index contributed by atoms with van der Waals surface area (Å²) < 4.78 is 9.90. The molecule has 14 rings (SSSR count). The molecule has 11 aromatic carbocycles. The molecule has 0 aliphatic heterocycles. The van der Waals surface area contributed by atoms with Crippen molar-refractivity contribution in [2.24, 2.45) is 0 Å². The maximum absolute atomic E-state index is 11.1. The fourth-order valence-electron chi connectivity index (χ4n) is 12.2. The molecular formula is C72H51N5S. The van der Waals surface area contributed by atoms with Gasteiger partial charge in [0, 0.05) is 50.7 Å². The molecular weight excluding hydrogens is 967 g/mol. The van der Waals surface area contributed by atoms with Gasteiger partial charge in [-0.3, -0.25) is 0 Å². The molecule has 1 heterocycles. The Labute approximate surface area is 459 Å². The first kappa shape index (κ1) is 46.8. The predicted octanol–water partition coefficient (Wildman–Crippen LogP) is 19.4. The van der Waals surface area contributed by atoms with Crippen molar-refractivity contribution < 1.29 is 0 Å². The van der Waals surface area contributed by atoms with E-state index in [2.05, 4.69) is 279 Å². The molecule has 0 saturated heterocycles. The van der Waals surface area contributed by atoms with Crippen LogP contribution in [0.15, 0.2) is 255 Å². The Balaban J connectivity index is 0.741. The molecule has 370 valence electrons. The molecule has 0 fully saturated rings. The molecule has 12 aromatic rings. The Morgan fingerprint density at radius 2 is 0.603 bits per heavy atom. The third kappa shape index (κ3) is 7.65. The van der Waals surface area contributed by atoms with Crippen LogP contribution in [0.2, 0.25) is 0 Å². The van der Waals surface area contributed by atoms with Crippen molar-refractivity contribution in [3.05, 3.63) is 277 Å². The van der Waals surface area contributed by atoms with E-state index >= 15 is 0 Å². The van der Waals surface area contributed by atoms with Crippen LogP contribution in [0, 0.1) is 11.3 Å². The largest absolute Gasteiger partial charge is 0.311 e. The number of para-hydroxylation sites is 4. The highest BCUT2D eigenvalue weighted by atomic mass is 32.1. The Hall–Kier alpha value is -9.67. The Kier molecular flexibility index (Phi) is 11.1. The number of nitriles is 1. The lowest BCUT2D eigenvalue weighted by Gasteiger charge is -2.25. The Morgan fingerprint density at radius 1 is 0.321 bits per heavy atom. The Bertz CT molecular complexity index is 4220. The third-order valence-electron chi connectivity index (χ3n) is 16.3. The van der Waals surface area contributed by atoms with Gasteiger partial charge in [-0.15, -0.1) is 0 Å². The topological polar surface area (TPSA) is 56.1 Å². The van der Waals surface area contributed by atoms with Crippen molar-refractivity contribution in [3.8, 4) is 72.8 Å². The van der Waals surface area contributed by atoms with E-state index in [1.807, 2.05) is 12.1 Å². The monoisotopic (exact) mass is 1020 g/mol. The van der Waals surface area contributed by atoms with E-state index in [1.54, 1.807) is 0 Å². The quantitative estimate of drug-likeness (QED) is 0.137. The average Bonchev–Trinajstić information content (AvgIpc) is 4.37. The summed E-state index contributed by atoms with van der Waals surface area (Å²) in [6.07, 6.45) is 0. The van der Waals surface area contributed by atoms with Gasteiger partial charge >= 0.3 is 0 Å². The van der Waals surface area contributed by atoms with Crippen LogP contribution in [0.1, 0.15) is 43.0 Å². The highest BCUT2D eigenvalue weighted by Gasteiger charge is 2.41. The molecule has 0 spiro atoms. The standard InChI is InChI=1S/C72H51N5S/c1-71(2)65-42-49(47-24-32-57(33-25-47)76(53-16-8-4-9-17-53)54-18-10-5-11-19-54)28-36-61(65)62-38-30-51(44-66(62)71)59-40-41-60(70-69(59)74-78-75-70)52-31-39-64-63-37-29-50(43-67(63)72(3,46-73)68(64)45-52)48-26-34-58(35-27-48)77(55-20-12-6-13-21-55)56-22-14-7-15-23-56/h4-45H,1-3H3. The zero-order chi connectivity index (χ0) is 52.5. The second kappa shape index (κ2) is 18.6. The van der Waals surface area contributed by atoms with Crippen LogP contribution in [0.5, 0.6) is 0 Å². The van der Waals surface area contributed by atoms with Gasteiger partial charge in [-0.05, 0) is 182 Å². The minimum absolute atomic E-state index is 0.235. The molecule has 78 heavy (non-hydrogen) atoms. The number of hydrogen-bond donors (Lipinski definition) is 0. The first-order chi connectivity index (χ1) is 38.2. The number of benzene rings is 11. The zero-order valence-corrected chi connectivity index (χ0v) is 44.2. The number of fused-ring (bicyclic) bond motifs is 7. The van der Waals surface area contributed by atoms with E-state index in [0.717, 1.165) is 101 Å². The summed E-state index contributed by atoms with van der Waals surface area (Å²) in [5.74, 6) is 0. The summed E-state index contributed by atoms with van der Waals surface area (Å²) in [6, 6.07) is 93.9. The summed E-state index contributed by atoms with van der Waals surface area (Å²) in [7, 11) is 0. The van der Waals surface area contributed by atoms with Crippen molar-refractivity contribution in [2.75, 3.05) is 9.80 Å². The molecule has 1 aromatic heterocycles. The fourth-order valence-corrected chi connectivity index (χ4v) is 12.8. The number of aromatic nitrogens is 2. The minimum atomic E-state index is -0.860. The highest BCUT2D eigenvalue weighted by Crippen LogP contribution is 2.53. The second-order valence-electron chi connectivity index (χ2n) is 21.1. The minimum Gasteiger partial charge on any atom is -0.311 e. The molecule has 0 bridgehead atoms. The van der Waals surface area contributed by atoms with Crippen LogP contribution in [-0.2, 0) is 10.8 Å². The molecule has 6 heteroatoms. The first-order valence-electron chi connectivity index (χ1n) is 26.5. The molecule has 0 saturated carbocycles. The SMILES string of the molecule is CC1(C)c2cc(-c3ccc(N(c4ccccc4)c4ccccc4)cc3)ccc2-c2ccc(-c3ccc(-c4ccc5c(c4)C(C)(C#N)c4cc(-c6ccc(N(c7ccccc7)c7ccccc7)cc6)ccc4-5)c4nsnc34)cc21. The van der Waals surface area contributed by atoms with Gasteiger partial charge in [0.15, 0.2) is 0 Å². The number of anilines is 6. The highest BCUT2D eigenvalue weighted by molar-refractivity contribution is 7.00. The zero-order valence-electron chi connectivity index (χ0n) is 43.4. The normalized spacial score (nSPS) is 14.5. The summed E-state index contributed by atoms with van der Waals surface area (Å²) >= 11 is 1.25. The summed E-state index contributed by atoms with van der Waals surface area (Å²) in [5, 5.41) is 11.1. The second-order valence-corrected chi connectivity index (χ2v) is 21.7. The predicted molar refractivity (Wildman–Crippen MR) is 324 cm³/mol. The molecule has 0 amide bonds. The van der Waals surface area contributed by atoms with E-state index in [1.165, 1.54) is 45.1 Å². The Morgan fingerprint density at radius 3 is 0.974 bits per heavy atom. The van der Waals surface area contributed by atoms with E-state index in [4.69, 9.17) is 8.75 Å². The third-order valence-corrected chi connectivity index (χ3v) is 16.8. The lowest BCUT2D eigenvalue weighted by molar-refractivity contribution is 0.661. The smallest absolute Gasteiger partial charge is 0.113 e. The van der Waals surface area contributed by atoms with E-state index in [0.29, 0.717) is 0 Å². The van der Waals surface area contributed by atoms with Crippen LogP contribution in [0.4, 0.5) is 34.1 Å². The molecule has 1 atom stereocenters. The van der Waals surface area contributed by atoms with Gasteiger partial charge in [0.25, 0.3) is 0 Å². The van der Waals surface area contributed by atoms with Gasteiger partial charge in [0.05, 0.1) is 17.8 Å². The molecule has 5 nitrogen and oxygen atoms in total. The molecule has 0 N–H and O–H groups in total. The molecule has 2 aliphatic rings. The van der Waals surface area contributed by atoms with Crippen LogP contribution in [-0.4, -0.2) is 8.75 Å². The molecule has 2 aliphatic carbocycles. The van der Waals surface area contributed by atoms with Crippen LogP contribution in [0.3, 0.4) is 0 Å². The number of hydrogen-bond acceptors (Lipinski definition) is 6. The van der Waals surface area contributed by atoms with Crippen molar-refractivity contribution in [1.29, 1.82) is 5.26 Å². The lowest BCUT2D eigenvalue weighted by atomic mass is 9.80.